The molecule has 1 fully saturated rings. The van der Waals surface area contributed by atoms with E-state index in [9.17, 15) is 18.0 Å². The summed E-state index contributed by atoms with van der Waals surface area (Å²) in [4.78, 5) is 12.0. The Hall–Kier alpha value is -2.31. The molecule has 3 rings (SSSR count). The number of carbonyl (C=O) groups is 1. The number of halogens is 3. The number of hydrogen-bond acceptors (Lipinski definition) is 2. The Morgan fingerprint density at radius 3 is 2.58 bits per heavy atom. The lowest BCUT2D eigenvalue weighted by Crippen LogP contribution is -2.30. The maximum Gasteiger partial charge on any atom is 0.435 e. The molecular weight excluding hydrogens is 319 g/mol. The molecule has 0 saturated heterocycles. The summed E-state index contributed by atoms with van der Waals surface area (Å²) in [5.74, 6) is -0.240. The lowest BCUT2D eigenvalue weighted by molar-refractivity contribution is -0.141. The number of nitrogens with zero attached hydrogens (tertiary/aromatic N) is 2. The molecule has 1 aromatic heterocycles. The van der Waals surface area contributed by atoms with Crippen molar-refractivity contribution in [2.45, 2.75) is 37.9 Å². The highest BCUT2D eigenvalue weighted by molar-refractivity contribution is 5.75. The number of hydrogen-bond donors (Lipinski definition) is 1. The van der Waals surface area contributed by atoms with E-state index >= 15 is 0 Å². The number of aromatic nitrogens is 2. The van der Waals surface area contributed by atoms with Gasteiger partial charge in [0.1, 0.15) is 6.54 Å². The molecule has 4 nitrogen and oxygen atoms in total. The second-order valence-corrected chi connectivity index (χ2v) is 5.97. The Labute approximate surface area is 137 Å². The third kappa shape index (κ3) is 4.15. The molecule has 2 aromatic rings. The molecule has 1 aliphatic rings. The van der Waals surface area contributed by atoms with Gasteiger partial charge >= 0.3 is 6.18 Å². The molecule has 24 heavy (non-hydrogen) atoms. The topological polar surface area (TPSA) is 46.9 Å². The minimum Gasteiger partial charge on any atom is -0.354 e. The van der Waals surface area contributed by atoms with Crippen LogP contribution in [-0.2, 0) is 23.9 Å². The number of amides is 1. The lowest BCUT2D eigenvalue weighted by Gasteiger charge is -2.08. The van der Waals surface area contributed by atoms with Crippen molar-refractivity contribution in [2.75, 3.05) is 6.54 Å². The van der Waals surface area contributed by atoms with E-state index in [1.54, 1.807) is 0 Å². The molecule has 1 heterocycles. The van der Waals surface area contributed by atoms with Crippen LogP contribution in [0.25, 0.3) is 0 Å². The first-order valence-electron chi connectivity index (χ1n) is 7.89. The molecule has 1 aliphatic carbocycles. The SMILES string of the molecule is O=C(Cn1nc(C(F)(F)F)cc1C1CC1)NCCc1ccccc1. The molecule has 7 heteroatoms. The fraction of sp³-hybridized carbons (Fsp3) is 0.412. The maximum atomic E-state index is 12.8. The Bertz CT molecular complexity index is 706. The summed E-state index contributed by atoms with van der Waals surface area (Å²) in [5.41, 5.74) is 0.664. The second-order valence-electron chi connectivity index (χ2n) is 5.97. The first-order valence-corrected chi connectivity index (χ1v) is 7.89. The molecule has 0 radical (unpaired) electrons. The van der Waals surface area contributed by atoms with Crippen molar-refractivity contribution in [1.82, 2.24) is 15.1 Å². The van der Waals surface area contributed by atoms with Crippen LogP contribution in [0.4, 0.5) is 13.2 Å². The standard InChI is InChI=1S/C17H18F3N3O/c18-17(19,20)15-10-14(13-6-7-13)23(22-15)11-16(24)21-9-8-12-4-2-1-3-5-12/h1-5,10,13H,6-9,11H2,(H,21,24). The highest BCUT2D eigenvalue weighted by atomic mass is 19.4. The number of nitrogens with one attached hydrogen (secondary N) is 1. The van der Waals surface area contributed by atoms with Gasteiger partial charge < -0.3 is 5.32 Å². The quantitative estimate of drug-likeness (QED) is 0.880. The summed E-state index contributed by atoms with van der Waals surface area (Å²) in [6.45, 7) is 0.256. The van der Waals surface area contributed by atoms with Gasteiger partial charge in [0.2, 0.25) is 5.91 Å². The van der Waals surface area contributed by atoms with Gasteiger partial charge in [0, 0.05) is 18.2 Å². The third-order valence-corrected chi connectivity index (χ3v) is 3.97. The second kappa shape index (κ2) is 6.67. The van der Waals surface area contributed by atoms with Crippen LogP contribution in [-0.4, -0.2) is 22.2 Å². The van der Waals surface area contributed by atoms with Crippen molar-refractivity contribution in [1.29, 1.82) is 0 Å². The lowest BCUT2D eigenvalue weighted by atomic mass is 10.1. The van der Waals surface area contributed by atoms with Crippen LogP contribution >= 0.6 is 0 Å². The van der Waals surface area contributed by atoms with Crippen molar-refractivity contribution in [2.24, 2.45) is 0 Å². The summed E-state index contributed by atoms with van der Waals surface area (Å²) in [6.07, 6.45) is -2.12. The van der Waals surface area contributed by atoms with E-state index in [0.717, 1.165) is 24.5 Å². The minimum atomic E-state index is -4.49. The van der Waals surface area contributed by atoms with Crippen LogP contribution in [0.2, 0.25) is 0 Å². The molecule has 128 valence electrons. The van der Waals surface area contributed by atoms with Crippen molar-refractivity contribution in [3.8, 4) is 0 Å². The molecule has 0 spiro atoms. The summed E-state index contributed by atoms with van der Waals surface area (Å²) in [5, 5.41) is 6.31. The number of carbonyl (C=O) groups excluding carboxylic acids is 1. The van der Waals surface area contributed by atoms with Gasteiger partial charge in [-0.1, -0.05) is 30.3 Å². The molecule has 0 bridgehead atoms. The molecule has 0 atom stereocenters. The molecule has 1 N–H and O–H groups in total. The molecule has 1 saturated carbocycles. The van der Waals surface area contributed by atoms with Crippen molar-refractivity contribution in [3.05, 3.63) is 53.3 Å². The summed E-state index contributed by atoms with van der Waals surface area (Å²) >= 11 is 0. The molecular formula is C17H18F3N3O. The van der Waals surface area contributed by atoms with E-state index in [4.69, 9.17) is 0 Å². The van der Waals surface area contributed by atoms with Gasteiger partial charge in [0.05, 0.1) is 0 Å². The van der Waals surface area contributed by atoms with E-state index in [1.807, 2.05) is 30.3 Å². The smallest absolute Gasteiger partial charge is 0.354 e. The zero-order valence-electron chi connectivity index (χ0n) is 13.0. The van der Waals surface area contributed by atoms with E-state index in [-0.39, 0.29) is 18.4 Å². The Morgan fingerprint density at radius 1 is 1.25 bits per heavy atom. The van der Waals surface area contributed by atoms with Crippen LogP contribution in [0, 0.1) is 0 Å². The van der Waals surface area contributed by atoms with Gasteiger partial charge in [-0.25, -0.2) is 0 Å². The number of rotatable bonds is 6. The predicted molar refractivity (Wildman–Crippen MR) is 82.4 cm³/mol. The zero-order chi connectivity index (χ0) is 17.2. The van der Waals surface area contributed by atoms with Gasteiger partial charge in [-0.15, -0.1) is 0 Å². The number of benzene rings is 1. The van der Waals surface area contributed by atoms with Gasteiger partial charge in [-0.3, -0.25) is 9.48 Å². The maximum absolute atomic E-state index is 12.8. The summed E-state index contributed by atoms with van der Waals surface area (Å²) in [7, 11) is 0. The third-order valence-electron chi connectivity index (χ3n) is 3.97. The van der Waals surface area contributed by atoms with Crippen LogP contribution in [0.1, 0.15) is 35.7 Å². The summed E-state index contributed by atoms with van der Waals surface area (Å²) in [6, 6.07) is 10.7. The molecule has 1 amide bonds. The van der Waals surface area contributed by atoms with Crippen molar-refractivity contribution >= 4 is 5.91 Å². The summed E-state index contributed by atoms with van der Waals surface area (Å²) < 4.78 is 39.6. The van der Waals surface area contributed by atoms with Crippen molar-refractivity contribution < 1.29 is 18.0 Å². The molecule has 0 unspecified atom stereocenters. The van der Waals surface area contributed by atoms with E-state index in [1.165, 1.54) is 4.68 Å². The monoisotopic (exact) mass is 337 g/mol. The van der Waals surface area contributed by atoms with Crippen LogP contribution in [0.15, 0.2) is 36.4 Å². The zero-order valence-corrected chi connectivity index (χ0v) is 13.0. The van der Waals surface area contributed by atoms with Crippen molar-refractivity contribution in [3.63, 3.8) is 0 Å². The van der Waals surface area contributed by atoms with Crippen LogP contribution in [0.3, 0.4) is 0 Å². The van der Waals surface area contributed by atoms with E-state index < -0.39 is 11.9 Å². The first kappa shape index (κ1) is 16.5. The average Bonchev–Trinajstić information content (AvgIpc) is 3.28. The van der Waals surface area contributed by atoms with Crippen LogP contribution in [0.5, 0.6) is 0 Å². The Balaban J connectivity index is 1.58. The largest absolute Gasteiger partial charge is 0.435 e. The van der Waals surface area contributed by atoms with Gasteiger partial charge in [-0.2, -0.15) is 18.3 Å². The predicted octanol–water partition coefficient (Wildman–Crippen LogP) is 3.14. The highest BCUT2D eigenvalue weighted by Crippen LogP contribution is 2.42. The van der Waals surface area contributed by atoms with Gasteiger partial charge in [-0.05, 0) is 30.9 Å². The minimum absolute atomic E-state index is 0.0886. The van der Waals surface area contributed by atoms with Gasteiger partial charge in [0.15, 0.2) is 5.69 Å². The molecule has 1 aromatic carbocycles. The molecule has 0 aliphatic heterocycles. The highest BCUT2D eigenvalue weighted by Gasteiger charge is 2.38. The first-order chi connectivity index (χ1) is 11.4. The number of alkyl halides is 3. The van der Waals surface area contributed by atoms with Crippen LogP contribution < -0.4 is 5.32 Å². The van der Waals surface area contributed by atoms with Gasteiger partial charge in [0.25, 0.3) is 0 Å². The average molecular weight is 337 g/mol. The van der Waals surface area contributed by atoms with E-state index in [2.05, 4.69) is 10.4 Å². The fourth-order valence-corrected chi connectivity index (χ4v) is 2.59. The van der Waals surface area contributed by atoms with E-state index in [0.29, 0.717) is 18.7 Å². The Morgan fingerprint density at radius 2 is 1.96 bits per heavy atom. The normalized spacial score (nSPS) is 14.6. The fourth-order valence-electron chi connectivity index (χ4n) is 2.59. The Kier molecular flexibility index (Phi) is 4.59.